The Balaban J connectivity index is 2.32. The van der Waals surface area contributed by atoms with Crippen LogP contribution in [0.15, 0.2) is 18.5 Å². The molecule has 0 spiro atoms. The molecular weight excluding hydrogens is 244 g/mol. The van der Waals surface area contributed by atoms with Crippen LogP contribution in [0.5, 0.6) is 0 Å². The molecule has 3 nitrogen and oxygen atoms in total. The molecule has 5 heteroatoms. The molecule has 0 aliphatic rings. The molecule has 0 unspecified atom stereocenters. The number of pyridine rings is 1. The van der Waals surface area contributed by atoms with E-state index in [9.17, 15) is 4.79 Å². The fraction of sp³-hybridized carbons (Fsp3) is 0.273. The lowest BCUT2D eigenvalue weighted by molar-refractivity contribution is 0.0960. The summed E-state index contributed by atoms with van der Waals surface area (Å²) in [6.45, 7) is 2.48. The number of hydrogen-bond acceptors (Lipinski definition) is 3. The van der Waals surface area contributed by atoms with Crippen LogP contribution in [0.3, 0.4) is 0 Å². The number of nitrogens with one attached hydrogen (secondary N) is 1. The monoisotopic (exact) mass is 254 g/mol. The van der Waals surface area contributed by atoms with Gasteiger partial charge in [-0.15, -0.1) is 22.9 Å². The van der Waals surface area contributed by atoms with Gasteiger partial charge in [-0.1, -0.05) is 0 Å². The van der Waals surface area contributed by atoms with E-state index in [1.165, 1.54) is 11.3 Å². The van der Waals surface area contributed by atoms with Crippen molar-refractivity contribution in [1.29, 1.82) is 0 Å². The van der Waals surface area contributed by atoms with Gasteiger partial charge in [0.15, 0.2) is 0 Å². The third-order valence-corrected chi connectivity index (χ3v) is 3.51. The van der Waals surface area contributed by atoms with Crippen molar-refractivity contribution in [3.05, 3.63) is 28.9 Å². The quantitative estimate of drug-likeness (QED) is 0.856. The molecule has 2 rings (SSSR count). The number of halogens is 1. The van der Waals surface area contributed by atoms with Crippen LogP contribution in [0.1, 0.15) is 15.2 Å². The first-order valence-electron chi connectivity index (χ1n) is 4.90. The van der Waals surface area contributed by atoms with Crippen LogP contribution in [0.4, 0.5) is 0 Å². The molecular formula is C11H11ClN2OS. The Kier molecular flexibility index (Phi) is 3.41. The fourth-order valence-corrected chi connectivity index (χ4v) is 2.57. The van der Waals surface area contributed by atoms with Gasteiger partial charge in [-0.05, 0) is 23.9 Å². The summed E-state index contributed by atoms with van der Waals surface area (Å²) >= 11 is 6.97. The van der Waals surface area contributed by atoms with Crippen molar-refractivity contribution in [3.8, 4) is 0 Å². The lowest BCUT2D eigenvalue weighted by Gasteiger charge is -1.98. The third kappa shape index (κ3) is 2.18. The maximum absolute atomic E-state index is 11.7. The minimum atomic E-state index is -0.0683. The highest BCUT2D eigenvalue weighted by atomic mass is 35.5. The first-order chi connectivity index (χ1) is 7.72. The molecule has 0 atom stereocenters. The summed E-state index contributed by atoms with van der Waals surface area (Å²) in [7, 11) is 0. The van der Waals surface area contributed by atoms with Crippen molar-refractivity contribution < 1.29 is 4.79 Å². The second-order valence-electron chi connectivity index (χ2n) is 3.42. The smallest absolute Gasteiger partial charge is 0.261 e. The molecule has 0 aliphatic heterocycles. The standard InChI is InChI=1S/C11H11ClN2OS/c1-7-5-13-6-10-8(7)4-9(16-10)11(15)14-3-2-12/h4-6H,2-3H2,1H3,(H,14,15). The molecule has 0 aliphatic carbocycles. The number of fused-ring (bicyclic) bond motifs is 1. The summed E-state index contributed by atoms with van der Waals surface area (Å²) < 4.78 is 1.04. The van der Waals surface area contributed by atoms with E-state index < -0.39 is 0 Å². The number of rotatable bonds is 3. The molecule has 1 amide bonds. The fourth-order valence-electron chi connectivity index (χ4n) is 1.46. The Morgan fingerprint density at radius 1 is 1.56 bits per heavy atom. The van der Waals surface area contributed by atoms with Crippen molar-refractivity contribution in [2.45, 2.75) is 6.92 Å². The minimum Gasteiger partial charge on any atom is -0.350 e. The SMILES string of the molecule is Cc1cncc2sc(C(=O)NCCCl)cc12. The number of thiophene rings is 1. The van der Waals surface area contributed by atoms with Gasteiger partial charge in [-0.2, -0.15) is 0 Å². The highest BCUT2D eigenvalue weighted by Gasteiger charge is 2.10. The lowest BCUT2D eigenvalue weighted by atomic mass is 10.2. The summed E-state index contributed by atoms with van der Waals surface area (Å²) in [4.78, 5) is 16.5. The Bertz CT molecular complexity index is 524. The zero-order valence-corrected chi connectivity index (χ0v) is 10.4. The lowest BCUT2D eigenvalue weighted by Crippen LogP contribution is -2.24. The van der Waals surface area contributed by atoms with Crippen molar-refractivity contribution in [2.24, 2.45) is 0 Å². The predicted octanol–water partition coefficient (Wildman–Crippen LogP) is 2.57. The van der Waals surface area contributed by atoms with E-state index in [4.69, 9.17) is 11.6 Å². The zero-order valence-electron chi connectivity index (χ0n) is 8.79. The van der Waals surface area contributed by atoms with E-state index in [1.54, 1.807) is 12.4 Å². The van der Waals surface area contributed by atoms with Crippen LogP contribution < -0.4 is 5.32 Å². The average molecular weight is 255 g/mol. The number of alkyl halides is 1. The van der Waals surface area contributed by atoms with Crippen LogP contribution in [-0.4, -0.2) is 23.3 Å². The minimum absolute atomic E-state index is 0.0683. The van der Waals surface area contributed by atoms with Crippen molar-refractivity contribution in [1.82, 2.24) is 10.3 Å². The first-order valence-corrected chi connectivity index (χ1v) is 6.26. The molecule has 0 fully saturated rings. The maximum atomic E-state index is 11.7. The molecule has 1 N–H and O–H groups in total. The zero-order chi connectivity index (χ0) is 11.5. The van der Waals surface area contributed by atoms with Crippen LogP contribution in [0.2, 0.25) is 0 Å². The van der Waals surface area contributed by atoms with Crippen LogP contribution in [0, 0.1) is 6.92 Å². The second kappa shape index (κ2) is 4.80. The second-order valence-corrected chi connectivity index (χ2v) is 4.89. The molecule has 2 aromatic rings. The highest BCUT2D eigenvalue weighted by Crippen LogP contribution is 2.26. The Morgan fingerprint density at radius 3 is 3.06 bits per heavy atom. The van der Waals surface area contributed by atoms with Crippen molar-refractivity contribution in [2.75, 3.05) is 12.4 Å². The Labute approximate surface area is 102 Å². The Hall–Kier alpha value is -1.13. The highest BCUT2D eigenvalue weighted by molar-refractivity contribution is 7.20. The summed E-state index contributed by atoms with van der Waals surface area (Å²) in [5, 5.41) is 3.84. The van der Waals surface area contributed by atoms with Crippen molar-refractivity contribution >= 4 is 38.9 Å². The summed E-state index contributed by atoms with van der Waals surface area (Å²) in [6.07, 6.45) is 3.58. The van der Waals surface area contributed by atoms with Gasteiger partial charge < -0.3 is 5.32 Å². The topological polar surface area (TPSA) is 42.0 Å². The first kappa shape index (κ1) is 11.4. The van der Waals surface area contributed by atoms with E-state index in [0.29, 0.717) is 17.3 Å². The largest absolute Gasteiger partial charge is 0.350 e. The number of carbonyl (C=O) groups excluding carboxylic acids is 1. The van der Waals surface area contributed by atoms with E-state index in [-0.39, 0.29) is 5.91 Å². The normalized spacial score (nSPS) is 10.6. The van der Waals surface area contributed by atoms with Gasteiger partial charge >= 0.3 is 0 Å². The number of amides is 1. The molecule has 2 heterocycles. The van der Waals surface area contributed by atoms with Gasteiger partial charge in [0.1, 0.15) is 0 Å². The van der Waals surface area contributed by atoms with Crippen LogP contribution in [0.25, 0.3) is 10.1 Å². The molecule has 0 saturated heterocycles. The summed E-state index contributed by atoms with van der Waals surface area (Å²) in [5.74, 6) is 0.360. The molecule has 16 heavy (non-hydrogen) atoms. The average Bonchev–Trinajstić information content (AvgIpc) is 2.71. The molecule has 0 aromatic carbocycles. The number of nitrogens with zero attached hydrogens (tertiary/aromatic N) is 1. The van der Waals surface area contributed by atoms with Gasteiger partial charge in [0.25, 0.3) is 5.91 Å². The van der Waals surface area contributed by atoms with Crippen LogP contribution in [-0.2, 0) is 0 Å². The Morgan fingerprint density at radius 2 is 2.38 bits per heavy atom. The molecule has 84 valence electrons. The third-order valence-electron chi connectivity index (χ3n) is 2.25. The predicted molar refractivity (Wildman–Crippen MR) is 67.4 cm³/mol. The maximum Gasteiger partial charge on any atom is 0.261 e. The van der Waals surface area contributed by atoms with Gasteiger partial charge in [0.05, 0.1) is 9.58 Å². The molecule has 0 radical (unpaired) electrons. The number of aromatic nitrogens is 1. The van der Waals surface area contributed by atoms with Gasteiger partial charge in [0, 0.05) is 24.8 Å². The van der Waals surface area contributed by atoms with Gasteiger partial charge in [0.2, 0.25) is 0 Å². The van der Waals surface area contributed by atoms with Gasteiger partial charge in [-0.25, -0.2) is 0 Å². The number of carbonyl (C=O) groups is 1. The number of hydrogen-bond donors (Lipinski definition) is 1. The summed E-state index contributed by atoms with van der Waals surface area (Å²) in [6, 6.07) is 1.90. The molecule has 0 saturated carbocycles. The molecule has 0 bridgehead atoms. The van der Waals surface area contributed by atoms with Crippen LogP contribution >= 0.6 is 22.9 Å². The number of aryl methyl sites for hydroxylation is 1. The summed E-state index contributed by atoms with van der Waals surface area (Å²) in [5.41, 5.74) is 1.09. The van der Waals surface area contributed by atoms with E-state index in [0.717, 1.165) is 15.6 Å². The van der Waals surface area contributed by atoms with E-state index in [2.05, 4.69) is 10.3 Å². The van der Waals surface area contributed by atoms with E-state index in [1.807, 2.05) is 13.0 Å². The van der Waals surface area contributed by atoms with E-state index >= 15 is 0 Å². The van der Waals surface area contributed by atoms with Crippen molar-refractivity contribution in [3.63, 3.8) is 0 Å². The molecule has 2 aromatic heterocycles. The van der Waals surface area contributed by atoms with Gasteiger partial charge in [-0.3, -0.25) is 9.78 Å².